The third-order valence-electron chi connectivity index (χ3n) is 3.37. The van der Waals surface area contributed by atoms with E-state index in [1.165, 1.54) is 12.1 Å². The molecule has 0 aromatic heterocycles. The number of halogens is 1. The highest BCUT2D eigenvalue weighted by atomic mass is 19.1. The molecule has 2 N–H and O–H groups in total. The molecule has 2 aromatic rings. The van der Waals surface area contributed by atoms with E-state index in [0.717, 1.165) is 11.1 Å². The van der Waals surface area contributed by atoms with Gasteiger partial charge in [-0.25, -0.2) is 4.39 Å². The van der Waals surface area contributed by atoms with Crippen molar-refractivity contribution in [3.63, 3.8) is 0 Å². The number of carbonyl (C=O) groups excluding carboxylic acids is 1. The molecule has 0 fully saturated rings. The zero-order valence-corrected chi connectivity index (χ0v) is 10.3. The summed E-state index contributed by atoms with van der Waals surface area (Å²) in [6.45, 7) is 0. The summed E-state index contributed by atoms with van der Waals surface area (Å²) >= 11 is 0. The van der Waals surface area contributed by atoms with Gasteiger partial charge in [0, 0.05) is 12.0 Å². The average Bonchev–Trinajstić information content (AvgIpc) is 2.78. The monoisotopic (exact) mass is 271 g/mol. The molecule has 1 aliphatic rings. The number of hydrogen-bond donors (Lipinski definition) is 2. The minimum atomic E-state index is -0.698. The van der Waals surface area contributed by atoms with E-state index in [1.54, 1.807) is 24.3 Å². The van der Waals surface area contributed by atoms with E-state index in [-0.39, 0.29) is 17.9 Å². The number of nitrogens with zero attached hydrogens (tertiary/aromatic N) is 1. The third-order valence-corrected chi connectivity index (χ3v) is 3.37. The molecule has 0 saturated carbocycles. The first-order valence-electron chi connectivity index (χ1n) is 5.97. The van der Waals surface area contributed by atoms with Crippen LogP contribution in [0.5, 0.6) is 5.75 Å². The van der Waals surface area contributed by atoms with Crippen LogP contribution in [0, 0.1) is 5.82 Å². The van der Waals surface area contributed by atoms with Gasteiger partial charge < -0.3 is 10.3 Å². The number of oxime groups is 1. The number of rotatable bonds is 1. The number of benzene rings is 2. The van der Waals surface area contributed by atoms with Gasteiger partial charge in [-0.05, 0) is 28.8 Å². The van der Waals surface area contributed by atoms with Crippen LogP contribution in [0.4, 0.5) is 4.39 Å². The van der Waals surface area contributed by atoms with Crippen LogP contribution in [0.1, 0.15) is 15.9 Å². The van der Waals surface area contributed by atoms with E-state index in [0.29, 0.717) is 11.1 Å². The van der Waals surface area contributed by atoms with Crippen LogP contribution < -0.4 is 0 Å². The third kappa shape index (κ3) is 1.84. The molecule has 3 rings (SSSR count). The van der Waals surface area contributed by atoms with Gasteiger partial charge in [-0.1, -0.05) is 29.4 Å². The van der Waals surface area contributed by atoms with Gasteiger partial charge in [0.1, 0.15) is 5.71 Å². The molecule has 0 amide bonds. The van der Waals surface area contributed by atoms with Crippen molar-refractivity contribution in [2.75, 3.05) is 0 Å². The van der Waals surface area contributed by atoms with Gasteiger partial charge in [0.25, 0.3) is 0 Å². The fourth-order valence-electron chi connectivity index (χ4n) is 2.32. The van der Waals surface area contributed by atoms with Crippen molar-refractivity contribution >= 4 is 11.5 Å². The minimum Gasteiger partial charge on any atom is -0.505 e. The Morgan fingerprint density at radius 1 is 1.10 bits per heavy atom. The number of fused-ring (bicyclic) bond motifs is 1. The molecule has 20 heavy (non-hydrogen) atoms. The maximum Gasteiger partial charge on any atom is 0.211 e. The van der Waals surface area contributed by atoms with E-state index in [9.17, 15) is 14.3 Å². The summed E-state index contributed by atoms with van der Waals surface area (Å²) < 4.78 is 13.4. The maximum atomic E-state index is 13.4. The smallest absolute Gasteiger partial charge is 0.211 e. The van der Waals surface area contributed by atoms with Crippen LogP contribution >= 0.6 is 0 Å². The second kappa shape index (κ2) is 4.45. The van der Waals surface area contributed by atoms with Crippen LogP contribution in [0.3, 0.4) is 0 Å². The van der Waals surface area contributed by atoms with Crippen LogP contribution in [0.25, 0.3) is 11.1 Å². The van der Waals surface area contributed by atoms with Gasteiger partial charge in [0.2, 0.25) is 5.78 Å². The van der Waals surface area contributed by atoms with Crippen molar-refractivity contribution in [1.82, 2.24) is 0 Å². The Hall–Kier alpha value is -2.69. The predicted molar refractivity (Wildman–Crippen MR) is 70.8 cm³/mol. The Balaban J connectivity index is 2.06. The predicted octanol–water partition coefficient (Wildman–Crippen LogP) is 2.77. The molecule has 0 spiro atoms. The zero-order valence-electron chi connectivity index (χ0n) is 10.3. The fourth-order valence-corrected chi connectivity index (χ4v) is 2.32. The highest BCUT2D eigenvalue weighted by Gasteiger charge is 2.27. The topological polar surface area (TPSA) is 69.9 Å². The first kappa shape index (κ1) is 12.3. The van der Waals surface area contributed by atoms with Gasteiger partial charge >= 0.3 is 0 Å². The van der Waals surface area contributed by atoms with E-state index >= 15 is 0 Å². The number of carbonyl (C=O) groups is 1. The van der Waals surface area contributed by atoms with Gasteiger partial charge in [-0.15, -0.1) is 0 Å². The molecular formula is C15H10FNO3. The Morgan fingerprint density at radius 2 is 1.80 bits per heavy atom. The van der Waals surface area contributed by atoms with Gasteiger partial charge in [-0.3, -0.25) is 4.79 Å². The van der Waals surface area contributed by atoms with Crippen molar-refractivity contribution in [1.29, 1.82) is 0 Å². The summed E-state index contributed by atoms with van der Waals surface area (Å²) in [5.74, 6) is -1.39. The van der Waals surface area contributed by atoms with Crippen LogP contribution in [-0.2, 0) is 6.42 Å². The van der Waals surface area contributed by atoms with Gasteiger partial charge in [0.15, 0.2) is 11.6 Å². The first-order valence-corrected chi connectivity index (χ1v) is 5.97. The lowest BCUT2D eigenvalue weighted by Gasteiger charge is -2.05. The average molecular weight is 271 g/mol. The lowest BCUT2D eigenvalue weighted by molar-refractivity contribution is 0.106. The molecule has 0 saturated heterocycles. The number of aromatic hydroxyl groups is 1. The molecular weight excluding hydrogens is 261 g/mol. The molecule has 4 nitrogen and oxygen atoms in total. The van der Waals surface area contributed by atoms with E-state index in [1.807, 2.05) is 0 Å². The summed E-state index contributed by atoms with van der Waals surface area (Å²) in [6, 6.07) is 9.20. The number of hydrogen-bond acceptors (Lipinski definition) is 4. The lowest BCUT2D eigenvalue weighted by Crippen LogP contribution is -2.06. The van der Waals surface area contributed by atoms with E-state index < -0.39 is 11.6 Å². The Morgan fingerprint density at radius 3 is 2.50 bits per heavy atom. The highest BCUT2D eigenvalue weighted by Crippen LogP contribution is 2.29. The number of phenolic OH excluding ortho intramolecular Hbond substituents is 1. The van der Waals surface area contributed by atoms with Crippen molar-refractivity contribution < 1.29 is 19.5 Å². The molecule has 5 heteroatoms. The van der Waals surface area contributed by atoms with E-state index in [4.69, 9.17) is 5.21 Å². The molecule has 0 bridgehead atoms. The summed E-state index contributed by atoms with van der Waals surface area (Å²) in [5, 5.41) is 20.9. The SMILES string of the molecule is O=C1/C(=N/O)Cc2cc(-c3ccc(O)c(F)c3)ccc21. The lowest BCUT2D eigenvalue weighted by atomic mass is 10.0. The normalized spacial score (nSPS) is 15.7. The summed E-state index contributed by atoms with van der Waals surface area (Å²) in [4.78, 5) is 11.8. The Kier molecular flexibility index (Phi) is 2.75. The molecule has 0 atom stereocenters. The number of Topliss-reactive ketones (excluding diaryl/α,β-unsaturated/α-hetero) is 1. The highest BCUT2D eigenvalue weighted by molar-refractivity contribution is 6.49. The zero-order chi connectivity index (χ0) is 14.3. The Labute approximate surface area is 113 Å². The first-order chi connectivity index (χ1) is 9.60. The molecule has 1 aliphatic carbocycles. The standard InChI is InChI=1S/C15H10FNO3/c16-12-6-9(2-4-14(12)18)8-1-3-11-10(5-8)7-13(17-20)15(11)19/h1-6,18,20H,7H2/b17-13+. The summed E-state index contributed by atoms with van der Waals surface area (Å²) in [7, 11) is 0. The van der Waals surface area contributed by atoms with Gasteiger partial charge in [-0.2, -0.15) is 0 Å². The molecule has 0 unspecified atom stereocenters. The molecule has 0 aliphatic heterocycles. The molecule has 0 heterocycles. The quantitative estimate of drug-likeness (QED) is 0.619. The molecule has 2 aromatic carbocycles. The molecule has 100 valence electrons. The van der Waals surface area contributed by atoms with Crippen molar-refractivity contribution in [2.24, 2.45) is 5.16 Å². The van der Waals surface area contributed by atoms with Crippen LogP contribution in [0.15, 0.2) is 41.6 Å². The van der Waals surface area contributed by atoms with E-state index in [2.05, 4.69) is 5.16 Å². The Bertz CT molecular complexity index is 753. The number of phenols is 1. The van der Waals surface area contributed by atoms with Crippen molar-refractivity contribution in [3.05, 3.63) is 53.3 Å². The second-order valence-corrected chi connectivity index (χ2v) is 4.59. The minimum absolute atomic E-state index is 0.106. The summed E-state index contributed by atoms with van der Waals surface area (Å²) in [6.07, 6.45) is 0.263. The largest absolute Gasteiger partial charge is 0.505 e. The molecule has 0 radical (unpaired) electrons. The number of ketones is 1. The maximum absolute atomic E-state index is 13.4. The van der Waals surface area contributed by atoms with Crippen LogP contribution in [-0.4, -0.2) is 21.8 Å². The second-order valence-electron chi connectivity index (χ2n) is 4.59. The van der Waals surface area contributed by atoms with Crippen LogP contribution in [0.2, 0.25) is 0 Å². The van der Waals surface area contributed by atoms with Crippen molar-refractivity contribution in [2.45, 2.75) is 6.42 Å². The fraction of sp³-hybridized carbons (Fsp3) is 0.0667. The summed E-state index contributed by atoms with van der Waals surface area (Å²) in [5.41, 5.74) is 2.68. The van der Waals surface area contributed by atoms with Crippen molar-refractivity contribution in [3.8, 4) is 16.9 Å². The van der Waals surface area contributed by atoms with Gasteiger partial charge in [0.05, 0.1) is 0 Å².